The number of ketones is 2. The van der Waals surface area contributed by atoms with Crippen molar-refractivity contribution in [2.24, 2.45) is 11.3 Å². The molecule has 0 saturated heterocycles. The summed E-state index contributed by atoms with van der Waals surface area (Å²) in [6, 6.07) is 0. The van der Waals surface area contributed by atoms with Crippen LogP contribution in [0, 0.1) is 11.3 Å². The second-order valence-electron chi connectivity index (χ2n) is 5.89. The number of rotatable bonds is 6. The lowest BCUT2D eigenvalue weighted by Crippen LogP contribution is -2.43. The van der Waals surface area contributed by atoms with Gasteiger partial charge in [-0.1, -0.05) is 27.7 Å². The zero-order valence-electron chi connectivity index (χ0n) is 13.4. The summed E-state index contributed by atoms with van der Waals surface area (Å²) in [5, 5.41) is 0. The molecule has 0 N–H and O–H groups in total. The van der Waals surface area contributed by atoms with Gasteiger partial charge in [0.05, 0.1) is 12.7 Å². The normalized spacial score (nSPS) is 21.4. The highest BCUT2D eigenvalue weighted by Crippen LogP contribution is 2.46. The van der Waals surface area contributed by atoms with Crippen LogP contribution in [0.25, 0.3) is 0 Å². The fourth-order valence-electron chi connectivity index (χ4n) is 2.73. The van der Waals surface area contributed by atoms with Gasteiger partial charge >= 0.3 is 5.97 Å². The van der Waals surface area contributed by atoms with E-state index in [1.807, 2.05) is 27.7 Å². The molecular formula is C16H24O4S. The van der Waals surface area contributed by atoms with Crippen molar-refractivity contribution in [3.05, 3.63) is 10.5 Å². The van der Waals surface area contributed by atoms with Crippen molar-refractivity contribution in [2.45, 2.75) is 47.0 Å². The van der Waals surface area contributed by atoms with Crippen LogP contribution in [-0.4, -0.2) is 30.4 Å². The van der Waals surface area contributed by atoms with Crippen LogP contribution in [0.1, 0.15) is 47.0 Å². The van der Waals surface area contributed by atoms with Crippen LogP contribution in [0.3, 0.4) is 0 Å². The Kier molecular flexibility index (Phi) is 6.20. The Morgan fingerprint density at radius 3 is 2.43 bits per heavy atom. The van der Waals surface area contributed by atoms with Crippen molar-refractivity contribution in [1.82, 2.24) is 0 Å². The minimum atomic E-state index is -0.889. The molecule has 0 aromatic rings. The number of thioether (sulfide) groups is 1. The van der Waals surface area contributed by atoms with E-state index in [2.05, 4.69) is 0 Å². The molecule has 0 saturated carbocycles. The lowest BCUT2D eigenvalue weighted by molar-refractivity contribution is -0.153. The third-order valence-electron chi connectivity index (χ3n) is 3.70. The summed E-state index contributed by atoms with van der Waals surface area (Å²) in [7, 11) is 1.28. The van der Waals surface area contributed by atoms with E-state index in [4.69, 9.17) is 4.74 Å². The molecule has 1 aliphatic rings. The number of carbonyl (C=O) groups excluding carboxylic acids is 3. The molecule has 0 fully saturated rings. The third kappa shape index (κ3) is 3.76. The summed E-state index contributed by atoms with van der Waals surface area (Å²) < 4.78 is 4.78. The number of carbonyl (C=O) groups is 3. The van der Waals surface area contributed by atoms with Gasteiger partial charge in [0.2, 0.25) is 0 Å². The molecule has 1 rings (SSSR count). The molecule has 0 unspecified atom stereocenters. The van der Waals surface area contributed by atoms with Crippen molar-refractivity contribution in [3.8, 4) is 0 Å². The molecular weight excluding hydrogens is 288 g/mol. The highest BCUT2D eigenvalue weighted by Gasteiger charge is 2.48. The summed E-state index contributed by atoms with van der Waals surface area (Å²) in [5.41, 5.74) is -0.295. The maximum Gasteiger partial charge on any atom is 0.317 e. The predicted octanol–water partition coefficient (Wildman–Crippen LogP) is 3.15. The first-order valence-corrected chi connectivity index (χ1v) is 8.29. The number of methoxy groups -OCH3 is 1. The van der Waals surface area contributed by atoms with E-state index in [0.29, 0.717) is 19.3 Å². The average molecular weight is 312 g/mol. The van der Waals surface area contributed by atoms with Crippen molar-refractivity contribution in [3.63, 3.8) is 0 Å². The van der Waals surface area contributed by atoms with Gasteiger partial charge in [-0.15, -0.1) is 11.8 Å². The zero-order chi connectivity index (χ0) is 16.2. The molecule has 0 aromatic carbocycles. The van der Waals surface area contributed by atoms with E-state index < -0.39 is 17.3 Å². The van der Waals surface area contributed by atoms with E-state index in [1.165, 1.54) is 18.9 Å². The fraction of sp³-hybridized carbons (Fsp3) is 0.688. The lowest BCUT2D eigenvalue weighted by atomic mass is 9.67. The van der Waals surface area contributed by atoms with E-state index in [-0.39, 0.29) is 17.1 Å². The highest BCUT2D eigenvalue weighted by molar-refractivity contribution is 8.03. The first-order chi connectivity index (χ1) is 9.80. The van der Waals surface area contributed by atoms with Crippen molar-refractivity contribution < 1.29 is 19.1 Å². The molecule has 0 aromatic heterocycles. The van der Waals surface area contributed by atoms with Gasteiger partial charge < -0.3 is 4.74 Å². The SMILES string of the molecule is CCCC(=O)C1=C(SCC)CC(C)(C)[C@H](C(=O)OC)C1=O. The molecule has 21 heavy (non-hydrogen) atoms. The Hall–Kier alpha value is -1.10. The van der Waals surface area contributed by atoms with Crippen LogP contribution < -0.4 is 0 Å². The van der Waals surface area contributed by atoms with Gasteiger partial charge in [0.25, 0.3) is 0 Å². The maximum absolute atomic E-state index is 12.8. The topological polar surface area (TPSA) is 60.4 Å². The van der Waals surface area contributed by atoms with Gasteiger partial charge in [0.1, 0.15) is 5.92 Å². The predicted molar refractivity (Wildman–Crippen MR) is 84.0 cm³/mol. The molecule has 0 aliphatic heterocycles. The van der Waals surface area contributed by atoms with Gasteiger partial charge in [-0.05, 0) is 28.9 Å². The molecule has 1 atom stereocenters. The standard InChI is InChI=1S/C16H24O4S/c1-6-8-10(17)12-11(21-7-2)9-16(3,4)13(14(12)18)15(19)20-5/h13H,6-9H2,1-5H3/t13-/m0/s1. The summed E-state index contributed by atoms with van der Waals surface area (Å²) in [5.74, 6) is -1.16. The molecule has 0 amide bonds. The maximum atomic E-state index is 12.8. The van der Waals surface area contributed by atoms with Crippen LogP contribution >= 0.6 is 11.8 Å². The second kappa shape index (κ2) is 7.25. The summed E-state index contributed by atoms with van der Waals surface area (Å²) in [4.78, 5) is 37.9. The fourth-order valence-corrected chi connectivity index (χ4v) is 3.91. The van der Waals surface area contributed by atoms with E-state index in [9.17, 15) is 14.4 Å². The zero-order valence-corrected chi connectivity index (χ0v) is 14.3. The molecule has 118 valence electrons. The minimum Gasteiger partial charge on any atom is -0.468 e. The third-order valence-corrected chi connectivity index (χ3v) is 4.68. The Balaban J connectivity index is 3.33. The summed E-state index contributed by atoms with van der Waals surface area (Å²) in [6.45, 7) is 7.65. The van der Waals surface area contributed by atoms with Crippen LogP contribution in [0.2, 0.25) is 0 Å². The number of Topliss-reactive ketones (excluding diaryl/α,β-unsaturated/α-hetero) is 2. The number of hydrogen-bond donors (Lipinski definition) is 0. The van der Waals surface area contributed by atoms with E-state index >= 15 is 0 Å². The lowest BCUT2D eigenvalue weighted by Gasteiger charge is -2.37. The Bertz CT molecular complexity index is 477. The van der Waals surface area contributed by atoms with Gasteiger partial charge in [0.15, 0.2) is 11.6 Å². The van der Waals surface area contributed by atoms with Crippen LogP contribution in [-0.2, 0) is 19.1 Å². The van der Waals surface area contributed by atoms with Crippen LogP contribution in [0.5, 0.6) is 0 Å². The minimum absolute atomic E-state index is 0.150. The van der Waals surface area contributed by atoms with Gasteiger partial charge in [-0.2, -0.15) is 0 Å². The molecule has 0 radical (unpaired) electrons. The van der Waals surface area contributed by atoms with Crippen molar-refractivity contribution >= 4 is 29.3 Å². The summed E-state index contributed by atoms with van der Waals surface area (Å²) in [6.07, 6.45) is 1.58. The van der Waals surface area contributed by atoms with Gasteiger partial charge in [0, 0.05) is 6.42 Å². The largest absolute Gasteiger partial charge is 0.468 e. The second-order valence-corrected chi connectivity index (χ2v) is 7.25. The number of allylic oxidation sites excluding steroid dienone is 2. The first kappa shape index (κ1) is 18.0. The Morgan fingerprint density at radius 1 is 1.33 bits per heavy atom. The monoisotopic (exact) mass is 312 g/mol. The first-order valence-electron chi connectivity index (χ1n) is 7.31. The average Bonchev–Trinajstić information content (AvgIpc) is 2.37. The van der Waals surface area contributed by atoms with E-state index in [1.54, 1.807) is 0 Å². The van der Waals surface area contributed by atoms with Crippen LogP contribution in [0.4, 0.5) is 0 Å². The number of esters is 1. The Labute approximate surface area is 130 Å². The quantitative estimate of drug-likeness (QED) is 0.428. The number of hydrogen-bond acceptors (Lipinski definition) is 5. The molecule has 0 heterocycles. The number of ether oxygens (including phenoxy) is 1. The van der Waals surface area contributed by atoms with Crippen LogP contribution in [0.15, 0.2) is 10.5 Å². The highest BCUT2D eigenvalue weighted by atomic mass is 32.2. The summed E-state index contributed by atoms with van der Waals surface area (Å²) >= 11 is 1.53. The molecule has 0 spiro atoms. The van der Waals surface area contributed by atoms with E-state index in [0.717, 1.165) is 10.7 Å². The van der Waals surface area contributed by atoms with Crippen molar-refractivity contribution in [2.75, 3.05) is 12.9 Å². The Morgan fingerprint density at radius 2 is 1.95 bits per heavy atom. The van der Waals surface area contributed by atoms with Gasteiger partial charge in [-0.25, -0.2) is 0 Å². The molecule has 5 heteroatoms. The van der Waals surface area contributed by atoms with Gasteiger partial charge in [-0.3, -0.25) is 14.4 Å². The molecule has 4 nitrogen and oxygen atoms in total. The molecule has 0 bridgehead atoms. The van der Waals surface area contributed by atoms with Crippen molar-refractivity contribution in [1.29, 1.82) is 0 Å². The smallest absolute Gasteiger partial charge is 0.317 e. The molecule has 1 aliphatic carbocycles.